The third kappa shape index (κ3) is 6.83. The summed E-state index contributed by atoms with van der Waals surface area (Å²) in [4.78, 5) is 1.81. The zero-order chi connectivity index (χ0) is 6.78. The first-order chi connectivity index (χ1) is 3.42. The van der Waals surface area contributed by atoms with Crippen molar-refractivity contribution in [2.24, 2.45) is 0 Å². The fourth-order valence-corrected chi connectivity index (χ4v) is 1.08. The Kier molecular flexibility index (Phi) is 3.44. The number of halogens is 3. The van der Waals surface area contributed by atoms with E-state index in [1.165, 1.54) is 0 Å². The average Bonchev–Trinajstić information content (AvgIpc) is 1.21. The number of hydrogen-bond donors (Lipinski definition) is 0. The molecule has 0 aliphatic heterocycles. The molecule has 4 heteroatoms. The molecule has 0 aliphatic rings. The lowest BCUT2D eigenvalue weighted by Crippen LogP contribution is -2.24. The van der Waals surface area contributed by atoms with E-state index in [4.69, 9.17) is 34.8 Å². The Morgan fingerprint density at radius 3 is 1.62 bits per heavy atom. The molecule has 0 saturated heterocycles. The molecule has 0 saturated carbocycles. The lowest BCUT2D eigenvalue weighted by molar-refractivity contribution is 0.418. The minimum absolute atomic E-state index is 0.456. The molecule has 0 atom stereocenters. The smallest absolute Gasteiger partial charge is 0.203 e. The maximum absolute atomic E-state index is 5.42. The van der Waals surface area contributed by atoms with Gasteiger partial charge in [0, 0.05) is 6.54 Å². The number of nitrogens with zero attached hydrogens (tertiary/aromatic N) is 1. The number of rotatable bonds is 1. The summed E-state index contributed by atoms with van der Waals surface area (Å²) in [5.41, 5.74) is 0. The van der Waals surface area contributed by atoms with Crippen LogP contribution in [0.1, 0.15) is 0 Å². The molecule has 0 unspecified atom stereocenters. The van der Waals surface area contributed by atoms with Crippen LogP contribution in [0, 0.1) is 0 Å². The lowest BCUT2D eigenvalue weighted by atomic mass is 10.7. The van der Waals surface area contributed by atoms with Gasteiger partial charge in [0.15, 0.2) is 0 Å². The highest BCUT2D eigenvalue weighted by Crippen LogP contribution is 2.25. The van der Waals surface area contributed by atoms with Crippen molar-refractivity contribution >= 4 is 34.8 Å². The van der Waals surface area contributed by atoms with Gasteiger partial charge in [-0.15, -0.1) is 0 Å². The van der Waals surface area contributed by atoms with Gasteiger partial charge in [-0.1, -0.05) is 34.8 Å². The van der Waals surface area contributed by atoms with Crippen molar-refractivity contribution in [1.82, 2.24) is 4.90 Å². The van der Waals surface area contributed by atoms with E-state index in [9.17, 15) is 0 Å². The van der Waals surface area contributed by atoms with Crippen molar-refractivity contribution < 1.29 is 0 Å². The first-order valence-electron chi connectivity index (χ1n) is 2.13. The minimum Gasteiger partial charge on any atom is -0.305 e. The van der Waals surface area contributed by atoms with Crippen molar-refractivity contribution in [3.63, 3.8) is 0 Å². The van der Waals surface area contributed by atoms with E-state index >= 15 is 0 Å². The van der Waals surface area contributed by atoms with E-state index in [1.807, 2.05) is 19.0 Å². The molecule has 0 N–H and O–H groups in total. The van der Waals surface area contributed by atoms with Gasteiger partial charge in [0.05, 0.1) is 0 Å². The van der Waals surface area contributed by atoms with Gasteiger partial charge in [-0.3, -0.25) is 0 Å². The summed E-state index contributed by atoms with van der Waals surface area (Å²) >= 11 is 16.3. The molecule has 8 heavy (non-hydrogen) atoms. The van der Waals surface area contributed by atoms with E-state index in [2.05, 4.69) is 0 Å². The Labute approximate surface area is 64.5 Å². The third-order valence-electron chi connectivity index (χ3n) is 0.496. The molecule has 0 amide bonds. The van der Waals surface area contributed by atoms with Crippen molar-refractivity contribution in [3.05, 3.63) is 0 Å². The van der Waals surface area contributed by atoms with Gasteiger partial charge in [-0.05, 0) is 14.1 Å². The number of alkyl halides is 3. The van der Waals surface area contributed by atoms with E-state index in [1.54, 1.807) is 0 Å². The highest BCUT2D eigenvalue weighted by molar-refractivity contribution is 6.67. The number of hydrogen-bond acceptors (Lipinski definition) is 1. The molecule has 0 rings (SSSR count). The standard InChI is InChI=1S/C4H8Cl3N/c1-8(2)3-4(5,6)7/h3H2,1-2H3. The third-order valence-corrected chi connectivity index (χ3v) is 0.854. The normalized spacial score (nSPS) is 12.8. The molecule has 0 spiro atoms. The zero-order valence-electron chi connectivity index (χ0n) is 4.79. The Balaban J connectivity index is 3.39. The SMILES string of the molecule is CN(C)CC(Cl)(Cl)Cl. The summed E-state index contributed by atoms with van der Waals surface area (Å²) in [5.74, 6) is 0. The maximum Gasteiger partial charge on any atom is 0.203 e. The Morgan fingerprint density at radius 1 is 1.25 bits per heavy atom. The van der Waals surface area contributed by atoms with Crippen LogP contribution in [0.4, 0.5) is 0 Å². The molecule has 0 heterocycles. The van der Waals surface area contributed by atoms with Gasteiger partial charge in [0.25, 0.3) is 0 Å². The van der Waals surface area contributed by atoms with Crippen LogP contribution in [0.15, 0.2) is 0 Å². The first-order valence-corrected chi connectivity index (χ1v) is 3.27. The highest BCUT2D eigenvalue weighted by Gasteiger charge is 2.19. The predicted octanol–water partition coefficient (Wildman–Crippen LogP) is 1.92. The highest BCUT2D eigenvalue weighted by atomic mass is 35.6. The second kappa shape index (κ2) is 3.11. The maximum atomic E-state index is 5.42. The van der Waals surface area contributed by atoms with Crippen LogP contribution in [0.2, 0.25) is 0 Å². The van der Waals surface area contributed by atoms with Gasteiger partial charge in [0.2, 0.25) is 3.79 Å². The molecular weight excluding hydrogens is 168 g/mol. The molecule has 0 aliphatic carbocycles. The predicted molar refractivity (Wildman–Crippen MR) is 38.8 cm³/mol. The van der Waals surface area contributed by atoms with Gasteiger partial charge >= 0.3 is 0 Å². The fraction of sp³-hybridized carbons (Fsp3) is 1.00. The largest absolute Gasteiger partial charge is 0.305 e. The summed E-state index contributed by atoms with van der Waals surface area (Å²) in [6.45, 7) is 0.456. The van der Waals surface area contributed by atoms with E-state index in [0.717, 1.165) is 0 Å². The summed E-state index contributed by atoms with van der Waals surface area (Å²) in [5, 5.41) is 0. The van der Waals surface area contributed by atoms with Crippen molar-refractivity contribution in [3.8, 4) is 0 Å². The molecule has 0 bridgehead atoms. The van der Waals surface area contributed by atoms with Crippen LogP contribution in [0.3, 0.4) is 0 Å². The summed E-state index contributed by atoms with van der Waals surface area (Å²) in [6, 6.07) is 0. The quantitative estimate of drug-likeness (QED) is 0.552. The van der Waals surface area contributed by atoms with Crippen molar-refractivity contribution in [2.45, 2.75) is 3.79 Å². The van der Waals surface area contributed by atoms with E-state index in [-0.39, 0.29) is 0 Å². The van der Waals surface area contributed by atoms with Crippen LogP contribution in [0.25, 0.3) is 0 Å². The molecule has 50 valence electrons. The van der Waals surface area contributed by atoms with Crippen molar-refractivity contribution in [1.29, 1.82) is 0 Å². The average molecular weight is 176 g/mol. The molecule has 0 radical (unpaired) electrons. The van der Waals surface area contributed by atoms with Gasteiger partial charge < -0.3 is 4.90 Å². The van der Waals surface area contributed by atoms with Crippen LogP contribution in [0.5, 0.6) is 0 Å². The Hall–Kier alpha value is 0.830. The molecular formula is C4H8Cl3N. The summed E-state index contributed by atoms with van der Waals surface area (Å²) < 4.78 is -1.14. The Bertz CT molecular complexity index is 66.2. The van der Waals surface area contributed by atoms with Crippen molar-refractivity contribution in [2.75, 3.05) is 20.6 Å². The van der Waals surface area contributed by atoms with Gasteiger partial charge in [0.1, 0.15) is 0 Å². The van der Waals surface area contributed by atoms with Gasteiger partial charge in [-0.25, -0.2) is 0 Å². The summed E-state index contributed by atoms with van der Waals surface area (Å²) in [7, 11) is 3.70. The second-order valence-electron chi connectivity index (χ2n) is 1.85. The summed E-state index contributed by atoms with van der Waals surface area (Å²) in [6.07, 6.45) is 0. The molecule has 0 aromatic heterocycles. The molecule has 0 aromatic carbocycles. The Morgan fingerprint density at radius 2 is 1.62 bits per heavy atom. The van der Waals surface area contributed by atoms with Gasteiger partial charge in [-0.2, -0.15) is 0 Å². The van der Waals surface area contributed by atoms with E-state index < -0.39 is 3.79 Å². The lowest BCUT2D eigenvalue weighted by Gasteiger charge is -2.15. The molecule has 0 aromatic rings. The molecule has 1 nitrogen and oxygen atoms in total. The van der Waals surface area contributed by atoms with E-state index in [0.29, 0.717) is 6.54 Å². The van der Waals surface area contributed by atoms with Crippen LogP contribution < -0.4 is 0 Å². The monoisotopic (exact) mass is 175 g/mol. The fourth-order valence-electron chi connectivity index (χ4n) is 0.359. The first kappa shape index (κ1) is 8.83. The topological polar surface area (TPSA) is 3.24 Å². The van der Waals surface area contributed by atoms with Crippen LogP contribution in [-0.4, -0.2) is 29.3 Å². The van der Waals surface area contributed by atoms with Crippen LogP contribution >= 0.6 is 34.8 Å². The second-order valence-corrected chi connectivity index (χ2v) is 4.37. The zero-order valence-corrected chi connectivity index (χ0v) is 7.06. The molecule has 0 fully saturated rings. The minimum atomic E-state index is -1.14. The van der Waals surface area contributed by atoms with Crippen LogP contribution in [-0.2, 0) is 0 Å².